The number of anilines is 3. The second kappa shape index (κ2) is 5.93. The van der Waals surface area contributed by atoms with Crippen LogP contribution in [0.1, 0.15) is 5.56 Å². The van der Waals surface area contributed by atoms with Gasteiger partial charge in [-0.15, -0.1) is 0 Å². The molecule has 0 radical (unpaired) electrons. The Kier molecular flexibility index (Phi) is 4.01. The van der Waals surface area contributed by atoms with Gasteiger partial charge in [0, 0.05) is 15.8 Å². The lowest BCUT2D eigenvalue weighted by molar-refractivity contribution is -0.114. The Morgan fingerprint density at radius 3 is 2.90 bits per heavy atom. The molecule has 0 aromatic heterocycles. The predicted molar refractivity (Wildman–Crippen MR) is 94.6 cm³/mol. The summed E-state index contributed by atoms with van der Waals surface area (Å²) < 4.78 is 1.10. The van der Waals surface area contributed by atoms with Gasteiger partial charge >= 0.3 is 0 Å². The Balaban J connectivity index is 1.70. The Morgan fingerprint density at radius 2 is 2.10 bits per heavy atom. The highest BCUT2D eigenvalue weighted by atomic mass is 127. The maximum atomic E-state index is 12.2. The number of rotatable bonds is 3. The van der Waals surface area contributed by atoms with Gasteiger partial charge in [0.2, 0.25) is 5.91 Å². The molecule has 0 spiro atoms. The maximum absolute atomic E-state index is 12.2. The number of nitrogens with one attached hydrogen (secondary N) is 1. The fourth-order valence-corrected chi connectivity index (χ4v) is 3.21. The molecular weight excluding hydrogens is 377 g/mol. The van der Waals surface area contributed by atoms with Gasteiger partial charge in [-0.3, -0.25) is 4.79 Å². The van der Waals surface area contributed by atoms with Crippen molar-refractivity contribution >= 4 is 45.6 Å². The van der Waals surface area contributed by atoms with E-state index in [4.69, 9.17) is 5.73 Å². The highest BCUT2D eigenvalue weighted by Crippen LogP contribution is 2.33. The fraction of sp³-hybridized carbons (Fsp3) is 0.188. The summed E-state index contributed by atoms with van der Waals surface area (Å²) in [5, 5.41) is 2.93. The van der Waals surface area contributed by atoms with E-state index in [0.29, 0.717) is 6.54 Å². The Hall–Kier alpha value is -1.76. The first-order chi connectivity index (χ1) is 10.1. The normalized spacial score (nSPS) is 13.1. The zero-order valence-electron chi connectivity index (χ0n) is 11.5. The van der Waals surface area contributed by atoms with Crippen LogP contribution in [0, 0.1) is 3.57 Å². The summed E-state index contributed by atoms with van der Waals surface area (Å²) >= 11 is 2.23. The molecule has 3 rings (SSSR count). The second-order valence-electron chi connectivity index (χ2n) is 5.09. The maximum Gasteiger partial charge on any atom is 0.243 e. The van der Waals surface area contributed by atoms with Crippen molar-refractivity contribution in [2.75, 3.05) is 29.0 Å². The van der Waals surface area contributed by atoms with Gasteiger partial charge in [-0.2, -0.15) is 0 Å². The topological polar surface area (TPSA) is 58.4 Å². The highest BCUT2D eigenvalue weighted by Gasteiger charge is 2.23. The molecule has 0 aliphatic carbocycles. The third kappa shape index (κ3) is 3.12. The van der Waals surface area contributed by atoms with Crippen LogP contribution >= 0.6 is 22.6 Å². The van der Waals surface area contributed by atoms with Crippen molar-refractivity contribution in [3.05, 3.63) is 51.6 Å². The molecule has 0 unspecified atom stereocenters. The van der Waals surface area contributed by atoms with E-state index in [1.807, 2.05) is 41.3 Å². The number of amides is 1. The number of hydrogen-bond donors (Lipinski definition) is 2. The van der Waals surface area contributed by atoms with Crippen LogP contribution in [0.25, 0.3) is 0 Å². The van der Waals surface area contributed by atoms with Crippen molar-refractivity contribution in [2.24, 2.45) is 0 Å². The number of nitrogen functional groups attached to an aromatic ring is 1. The van der Waals surface area contributed by atoms with Crippen molar-refractivity contribution in [3.63, 3.8) is 0 Å². The molecule has 0 bridgehead atoms. The monoisotopic (exact) mass is 393 g/mol. The van der Waals surface area contributed by atoms with Crippen LogP contribution in [0.15, 0.2) is 42.5 Å². The number of fused-ring (bicyclic) bond motifs is 1. The minimum Gasteiger partial charge on any atom is -0.397 e. The van der Waals surface area contributed by atoms with Crippen molar-refractivity contribution in [3.8, 4) is 0 Å². The van der Waals surface area contributed by atoms with Crippen LogP contribution in [0.3, 0.4) is 0 Å². The third-order valence-corrected chi connectivity index (χ3v) is 4.23. The quantitative estimate of drug-likeness (QED) is 0.623. The van der Waals surface area contributed by atoms with Gasteiger partial charge in [0.1, 0.15) is 0 Å². The molecular formula is C16H16IN3O. The second-order valence-corrected chi connectivity index (χ2v) is 6.33. The van der Waals surface area contributed by atoms with Crippen LogP contribution in [-0.4, -0.2) is 19.0 Å². The van der Waals surface area contributed by atoms with E-state index in [0.717, 1.165) is 33.6 Å². The summed E-state index contributed by atoms with van der Waals surface area (Å²) in [6.45, 7) is 1.16. The zero-order valence-corrected chi connectivity index (χ0v) is 13.6. The van der Waals surface area contributed by atoms with Gasteiger partial charge in [0.25, 0.3) is 0 Å². The Bertz CT molecular complexity index is 687. The van der Waals surface area contributed by atoms with E-state index < -0.39 is 0 Å². The van der Waals surface area contributed by atoms with E-state index in [2.05, 4.69) is 34.0 Å². The summed E-state index contributed by atoms with van der Waals surface area (Å²) in [6.07, 6.45) is 0.941. The molecule has 2 aromatic rings. The van der Waals surface area contributed by atoms with Crippen molar-refractivity contribution in [2.45, 2.75) is 6.42 Å². The minimum atomic E-state index is -0.0203. The fourth-order valence-electron chi connectivity index (χ4n) is 2.66. The smallest absolute Gasteiger partial charge is 0.243 e. The zero-order chi connectivity index (χ0) is 14.8. The lowest BCUT2D eigenvalue weighted by Gasteiger charge is -2.20. The predicted octanol–water partition coefficient (Wildman–Crippen LogP) is 2.87. The van der Waals surface area contributed by atoms with E-state index in [-0.39, 0.29) is 5.91 Å². The number of carbonyl (C=O) groups excluding carboxylic acids is 1. The molecule has 2 aromatic carbocycles. The standard InChI is InChI=1S/C16H16IN3O/c17-12-4-2-5-13(9-12)19-15(21)10-20-8-7-11-3-1-6-14(18)16(11)20/h1-6,9H,7-8,10,18H2,(H,19,21). The number of hydrogen-bond acceptors (Lipinski definition) is 3. The molecule has 0 saturated heterocycles. The molecule has 108 valence electrons. The van der Waals surface area contributed by atoms with Crippen LogP contribution in [-0.2, 0) is 11.2 Å². The van der Waals surface area contributed by atoms with Crippen molar-refractivity contribution in [1.82, 2.24) is 0 Å². The summed E-state index contributed by atoms with van der Waals surface area (Å²) in [5.41, 5.74) is 9.83. The number of nitrogens with two attached hydrogens (primary N) is 1. The van der Waals surface area contributed by atoms with E-state index in [1.54, 1.807) is 0 Å². The van der Waals surface area contributed by atoms with Gasteiger partial charge in [-0.05, 0) is 58.8 Å². The molecule has 1 amide bonds. The molecule has 21 heavy (non-hydrogen) atoms. The van der Waals surface area contributed by atoms with Crippen molar-refractivity contribution in [1.29, 1.82) is 0 Å². The summed E-state index contributed by atoms with van der Waals surface area (Å²) in [6, 6.07) is 13.7. The van der Waals surface area contributed by atoms with Crippen LogP contribution in [0.4, 0.5) is 17.1 Å². The molecule has 5 heteroatoms. The molecule has 1 aliphatic heterocycles. The molecule has 1 aliphatic rings. The number of para-hydroxylation sites is 1. The van der Waals surface area contributed by atoms with E-state index in [9.17, 15) is 4.79 Å². The van der Waals surface area contributed by atoms with Gasteiger partial charge in [0.15, 0.2) is 0 Å². The number of carbonyl (C=O) groups is 1. The number of halogens is 1. The third-order valence-electron chi connectivity index (χ3n) is 3.56. The first-order valence-electron chi connectivity index (χ1n) is 6.81. The van der Waals surface area contributed by atoms with Crippen LogP contribution in [0.5, 0.6) is 0 Å². The highest BCUT2D eigenvalue weighted by molar-refractivity contribution is 14.1. The molecule has 0 fully saturated rings. The summed E-state index contributed by atoms with van der Waals surface area (Å²) in [5.74, 6) is -0.0203. The number of benzene rings is 2. The molecule has 1 heterocycles. The SMILES string of the molecule is Nc1cccc2c1N(CC(=O)Nc1cccc(I)c1)CC2. The van der Waals surface area contributed by atoms with Gasteiger partial charge in [-0.1, -0.05) is 18.2 Å². The van der Waals surface area contributed by atoms with Crippen LogP contribution in [0.2, 0.25) is 0 Å². The van der Waals surface area contributed by atoms with Gasteiger partial charge in [-0.25, -0.2) is 0 Å². The average Bonchev–Trinajstić information content (AvgIpc) is 2.83. The first-order valence-corrected chi connectivity index (χ1v) is 7.89. The summed E-state index contributed by atoms with van der Waals surface area (Å²) in [7, 11) is 0. The first kappa shape index (κ1) is 14.2. The minimum absolute atomic E-state index is 0.0203. The van der Waals surface area contributed by atoms with Gasteiger partial charge < -0.3 is 16.0 Å². The molecule has 4 nitrogen and oxygen atoms in total. The van der Waals surface area contributed by atoms with Crippen molar-refractivity contribution < 1.29 is 4.79 Å². The number of nitrogens with zero attached hydrogens (tertiary/aromatic N) is 1. The molecule has 3 N–H and O–H groups in total. The summed E-state index contributed by atoms with van der Waals surface area (Å²) in [4.78, 5) is 14.3. The van der Waals surface area contributed by atoms with E-state index in [1.165, 1.54) is 5.56 Å². The lowest BCUT2D eigenvalue weighted by atomic mass is 10.1. The van der Waals surface area contributed by atoms with E-state index >= 15 is 0 Å². The largest absolute Gasteiger partial charge is 0.397 e. The van der Waals surface area contributed by atoms with Crippen LogP contribution < -0.4 is 16.0 Å². The average molecular weight is 393 g/mol. The van der Waals surface area contributed by atoms with Gasteiger partial charge in [0.05, 0.1) is 17.9 Å². The lowest BCUT2D eigenvalue weighted by Crippen LogP contribution is -2.32. The molecule has 0 saturated carbocycles. The Morgan fingerprint density at radius 1 is 1.29 bits per heavy atom. The molecule has 0 atom stereocenters. The Labute approximate surface area is 137 Å².